The highest BCUT2D eigenvalue weighted by atomic mass is 35.5. The van der Waals surface area contributed by atoms with Crippen molar-refractivity contribution in [1.29, 1.82) is 0 Å². The van der Waals surface area contributed by atoms with E-state index in [2.05, 4.69) is 23.8 Å². The molecule has 3 nitrogen and oxygen atoms in total. The van der Waals surface area contributed by atoms with Gasteiger partial charge in [-0.15, -0.1) is 0 Å². The zero-order chi connectivity index (χ0) is 17.2. The first-order valence-electron chi connectivity index (χ1n) is 9.22. The zero-order valence-corrected chi connectivity index (χ0v) is 15.4. The molecule has 134 valence electrons. The van der Waals surface area contributed by atoms with E-state index in [0.717, 1.165) is 25.7 Å². The van der Waals surface area contributed by atoms with Crippen LogP contribution >= 0.6 is 11.6 Å². The maximum absolute atomic E-state index is 11.1. The first-order chi connectivity index (χ1) is 11.2. The predicted molar refractivity (Wildman–Crippen MR) is 96.8 cm³/mol. The van der Waals surface area contributed by atoms with Crippen molar-refractivity contribution in [2.24, 2.45) is 0 Å². The molecule has 0 N–H and O–H groups in total. The van der Waals surface area contributed by atoms with Crippen LogP contribution in [0.5, 0.6) is 0 Å². The molecule has 0 atom stereocenters. The summed E-state index contributed by atoms with van der Waals surface area (Å²) < 4.78 is 4.25. The molecule has 0 aliphatic heterocycles. The van der Waals surface area contributed by atoms with E-state index < -0.39 is 11.4 Å². The van der Waals surface area contributed by atoms with Crippen molar-refractivity contribution in [3.8, 4) is 0 Å². The molecule has 0 aliphatic carbocycles. The van der Waals surface area contributed by atoms with E-state index in [1.54, 1.807) is 0 Å². The highest BCUT2D eigenvalue weighted by Gasteiger charge is 2.06. The van der Waals surface area contributed by atoms with Crippen LogP contribution in [0.1, 0.15) is 96.8 Å². The maximum Gasteiger partial charge on any atom is 0.411 e. The van der Waals surface area contributed by atoms with E-state index in [4.69, 9.17) is 11.6 Å². The Morgan fingerprint density at radius 1 is 0.783 bits per heavy atom. The minimum atomic E-state index is -1.04. The second kappa shape index (κ2) is 17.5. The van der Waals surface area contributed by atoms with Gasteiger partial charge >= 0.3 is 11.4 Å². The molecule has 0 aromatic heterocycles. The maximum atomic E-state index is 11.1. The molecule has 0 rings (SSSR count). The third-order valence-electron chi connectivity index (χ3n) is 3.84. The second-order valence-electron chi connectivity index (χ2n) is 6.05. The van der Waals surface area contributed by atoms with Crippen molar-refractivity contribution in [3.05, 3.63) is 12.2 Å². The van der Waals surface area contributed by atoms with Gasteiger partial charge in [-0.05, 0) is 32.1 Å². The Morgan fingerprint density at radius 2 is 1.26 bits per heavy atom. The molecule has 0 amide bonds. The average molecular weight is 345 g/mol. The standard InChI is InChI=1S/C19H33ClO3/c1-2-3-4-5-6-7-8-9-10-11-12-13-14-15-16-17-18(21)23-19(20)22/h9-10H,2-8,11-17H2,1H3. The van der Waals surface area contributed by atoms with Crippen LogP contribution in [0.3, 0.4) is 0 Å². The molecule has 23 heavy (non-hydrogen) atoms. The van der Waals surface area contributed by atoms with Crippen molar-refractivity contribution in [1.82, 2.24) is 0 Å². The summed E-state index contributed by atoms with van der Waals surface area (Å²) in [6, 6.07) is 0. The van der Waals surface area contributed by atoms with Crippen molar-refractivity contribution in [3.63, 3.8) is 0 Å². The largest absolute Gasteiger partial charge is 0.411 e. The fraction of sp³-hybridized carbons (Fsp3) is 0.789. The number of hydrogen-bond donors (Lipinski definition) is 0. The molecule has 0 radical (unpaired) electrons. The fourth-order valence-electron chi connectivity index (χ4n) is 2.48. The van der Waals surface area contributed by atoms with E-state index in [1.165, 1.54) is 57.8 Å². The summed E-state index contributed by atoms with van der Waals surface area (Å²) in [6.45, 7) is 2.25. The summed E-state index contributed by atoms with van der Waals surface area (Å²) in [4.78, 5) is 21.4. The molecule has 0 saturated carbocycles. The molecular weight excluding hydrogens is 312 g/mol. The van der Waals surface area contributed by atoms with Crippen LogP contribution in [-0.4, -0.2) is 11.4 Å². The van der Waals surface area contributed by atoms with Gasteiger partial charge in [-0.2, -0.15) is 0 Å². The Kier molecular flexibility index (Phi) is 16.9. The molecule has 0 heterocycles. The molecule has 0 aromatic rings. The lowest BCUT2D eigenvalue weighted by Gasteiger charge is -2.00. The van der Waals surface area contributed by atoms with Gasteiger partial charge in [0.25, 0.3) is 0 Å². The molecule has 0 unspecified atom stereocenters. The smallest absolute Gasteiger partial charge is 0.381 e. The number of hydrogen-bond acceptors (Lipinski definition) is 3. The monoisotopic (exact) mass is 344 g/mol. The summed E-state index contributed by atoms with van der Waals surface area (Å²) in [5.41, 5.74) is -1.04. The number of carbonyl (C=O) groups excluding carboxylic acids is 2. The first kappa shape index (κ1) is 22.2. The van der Waals surface area contributed by atoms with Gasteiger partial charge < -0.3 is 4.74 Å². The van der Waals surface area contributed by atoms with E-state index in [1.807, 2.05) is 0 Å². The van der Waals surface area contributed by atoms with Crippen LogP contribution in [0.4, 0.5) is 4.79 Å². The van der Waals surface area contributed by atoms with Crippen LogP contribution in [0, 0.1) is 0 Å². The van der Waals surface area contributed by atoms with Crippen LogP contribution in [-0.2, 0) is 9.53 Å². The van der Waals surface area contributed by atoms with Gasteiger partial charge in [0.2, 0.25) is 0 Å². The van der Waals surface area contributed by atoms with Gasteiger partial charge in [-0.3, -0.25) is 4.79 Å². The minimum Gasteiger partial charge on any atom is -0.381 e. The third kappa shape index (κ3) is 19.1. The Balaban J connectivity index is 3.19. The van der Waals surface area contributed by atoms with Crippen molar-refractivity contribution in [2.75, 3.05) is 0 Å². The number of esters is 1. The number of unbranched alkanes of at least 4 members (excludes halogenated alkanes) is 11. The third-order valence-corrected chi connectivity index (χ3v) is 3.91. The van der Waals surface area contributed by atoms with Crippen LogP contribution in [0.25, 0.3) is 0 Å². The Labute approximate surface area is 146 Å². The van der Waals surface area contributed by atoms with Crippen molar-refractivity contribution < 1.29 is 14.3 Å². The summed E-state index contributed by atoms with van der Waals surface area (Å²) in [5.74, 6) is -0.525. The van der Waals surface area contributed by atoms with Gasteiger partial charge in [-0.1, -0.05) is 70.4 Å². The topological polar surface area (TPSA) is 43.4 Å². The lowest BCUT2D eigenvalue weighted by Crippen LogP contribution is -2.05. The molecular formula is C19H33ClO3. The van der Waals surface area contributed by atoms with Gasteiger partial charge in [0.05, 0.1) is 0 Å². The van der Waals surface area contributed by atoms with E-state index in [9.17, 15) is 9.59 Å². The number of allylic oxidation sites excluding steroid dienone is 2. The summed E-state index contributed by atoms with van der Waals surface area (Å²) in [7, 11) is 0. The van der Waals surface area contributed by atoms with Gasteiger partial charge in [0, 0.05) is 18.0 Å². The molecule has 0 fully saturated rings. The molecule has 0 spiro atoms. The number of halogens is 1. The quantitative estimate of drug-likeness (QED) is 0.106. The van der Waals surface area contributed by atoms with E-state index in [0.29, 0.717) is 0 Å². The number of ether oxygens (including phenoxy) is 1. The minimum absolute atomic E-state index is 0.274. The molecule has 4 heteroatoms. The van der Waals surface area contributed by atoms with Crippen molar-refractivity contribution >= 4 is 23.0 Å². The van der Waals surface area contributed by atoms with Gasteiger partial charge in [0.15, 0.2) is 0 Å². The SMILES string of the molecule is CCCCCCCCC=CCCCCCCCC(=O)OC(=O)Cl. The van der Waals surface area contributed by atoms with E-state index >= 15 is 0 Å². The fourth-order valence-corrected chi connectivity index (χ4v) is 2.57. The molecule has 0 saturated heterocycles. The van der Waals surface area contributed by atoms with Crippen LogP contribution in [0.2, 0.25) is 0 Å². The normalized spacial score (nSPS) is 11.0. The lowest BCUT2D eigenvalue weighted by molar-refractivity contribution is -0.136. The second-order valence-corrected chi connectivity index (χ2v) is 6.35. The van der Waals surface area contributed by atoms with Gasteiger partial charge in [-0.25, -0.2) is 4.79 Å². The zero-order valence-electron chi connectivity index (χ0n) is 14.7. The molecule has 0 aromatic carbocycles. The summed E-state index contributed by atoms with van der Waals surface area (Å²) in [6.07, 6.45) is 20.7. The van der Waals surface area contributed by atoms with Crippen LogP contribution < -0.4 is 0 Å². The van der Waals surface area contributed by atoms with Gasteiger partial charge in [0.1, 0.15) is 0 Å². The summed E-state index contributed by atoms with van der Waals surface area (Å²) >= 11 is 4.96. The Bertz CT molecular complexity index is 327. The van der Waals surface area contributed by atoms with E-state index in [-0.39, 0.29) is 6.42 Å². The lowest BCUT2D eigenvalue weighted by atomic mass is 10.1. The van der Waals surface area contributed by atoms with Crippen LogP contribution in [0.15, 0.2) is 12.2 Å². The average Bonchev–Trinajstić information content (AvgIpc) is 2.50. The van der Waals surface area contributed by atoms with Crippen molar-refractivity contribution in [2.45, 2.75) is 96.8 Å². The number of rotatable bonds is 15. The molecule has 0 bridgehead atoms. The Hall–Kier alpha value is -0.830. The highest BCUT2D eigenvalue weighted by Crippen LogP contribution is 2.10. The predicted octanol–water partition coefficient (Wildman–Crippen LogP) is 6.93. The Morgan fingerprint density at radius 3 is 1.78 bits per heavy atom. The number of carbonyl (C=O) groups is 2. The summed E-state index contributed by atoms with van der Waals surface area (Å²) in [5, 5.41) is 0. The first-order valence-corrected chi connectivity index (χ1v) is 9.59. The highest BCUT2D eigenvalue weighted by molar-refractivity contribution is 6.61. The molecule has 0 aliphatic rings.